The Labute approximate surface area is 140 Å². The van der Waals surface area contributed by atoms with Gasteiger partial charge in [0.15, 0.2) is 0 Å². The minimum Gasteiger partial charge on any atom is -0.305 e. The molecule has 2 rings (SSSR count). The summed E-state index contributed by atoms with van der Waals surface area (Å²) in [6.07, 6.45) is 0.845. The minimum absolute atomic E-state index is 0.0397. The third kappa shape index (κ3) is 3.79. The van der Waals surface area contributed by atoms with E-state index in [9.17, 15) is 8.42 Å². The average Bonchev–Trinajstić information content (AvgIpc) is 2.59. The summed E-state index contributed by atoms with van der Waals surface area (Å²) < 4.78 is 28.0. The molecule has 0 saturated carbocycles. The van der Waals surface area contributed by atoms with Gasteiger partial charge in [0.25, 0.3) is 0 Å². The Hall–Kier alpha value is -0.140. The fourth-order valence-corrected chi connectivity index (χ4v) is 5.58. The summed E-state index contributed by atoms with van der Waals surface area (Å²) in [6, 6.07) is 5.13. The van der Waals surface area contributed by atoms with E-state index >= 15 is 0 Å². The summed E-state index contributed by atoms with van der Waals surface area (Å²) in [5, 5.41) is 0. The Morgan fingerprint density at radius 1 is 1.38 bits per heavy atom. The molecule has 1 aliphatic rings. The summed E-state index contributed by atoms with van der Waals surface area (Å²) in [6.45, 7) is 4.18. The van der Waals surface area contributed by atoms with Crippen LogP contribution in [0.3, 0.4) is 0 Å². The lowest BCUT2D eigenvalue weighted by atomic mass is 10.2. The van der Waals surface area contributed by atoms with E-state index in [0.29, 0.717) is 21.8 Å². The second kappa shape index (κ2) is 6.96. The van der Waals surface area contributed by atoms with Gasteiger partial charge >= 0.3 is 0 Å². The van der Waals surface area contributed by atoms with Crippen molar-refractivity contribution in [2.75, 3.05) is 26.7 Å². The molecule has 118 valence electrons. The molecule has 1 heterocycles. The van der Waals surface area contributed by atoms with Crippen LogP contribution < -0.4 is 0 Å². The van der Waals surface area contributed by atoms with Crippen molar-refractivity contribution < 1.29 is 8.42 Å². The molecule has 0 aromatic heterocycles. The van der Waals surface area contributed by atoms with E-state index in [1.54, 1.807) is 22.5 Å². The van der Waals surface area contributed by atoms with Crippen molar-refractivity contribution in [1.82, 2.24) is 9.21 Å². The SMILES string of the molecule is CC1CN(C)CCCN1S(=O)(=O)c1ccc(CCl)cc1Br. The zero-order valence-electron chi connectivity index (χ0n) is 12.2. The first-order valence-corrected chi connectivity index (χ1v) is 9.68. The topological polar surface area (TPSA) is 40.6 Å². The molecule has 21 heavy (non-hydrogen) atoms. The zero-order valence-corrected chi connectivity index (χ0v) is 15.4. The van der Waals surface area contributed by atoms with Crippen molar-refractivity contribution >= 4 is 37.6 Å². The molecule has 1 saturated heterocycles. The lowest BCUT2D eigenvalue weighted by molar-refractivity contribution is 0.290. The van der Waals surface area contributed by atoms with Gasteiger partial charge in [-0.15, -0.1) is 11.6 Å². The van der Waals surface area contributed by atoms with Crippen molar-refractivity contribution in [3.8, 4) is 0 Å². The zero-order chi connectivity index (χ0) is 15.6. The van der Waals surface area contributed by atoms with Crippen molar-refractivity contribution in [2.24, 2.45) is 0 Å². The molecule has 0 amide bonds. The quantitative estimate of drug-likeness (QED) is 0.739. The van der Waals surface area contributed by atoms with Gasteiger partial charge in [-0.2, -0.15) is 4.31 Å². The van der Waals surface area contributed by atoms with E-state index in [0.717, 1.165) is 25.1 Å². The molecule has 1 atom stereocenters. The third-order valence-electron chi connectivity index (χ3n) is 3.72. The third-order valence-corrected chi connectivity index (χ3v) is 7.02. The first-order valence-electron chi connectivity index (χ1n) is 6.91. The number of nitrogens with zero attached hydrogens (tertiary/aromatic N) is 2. The Morgan fingerprint density at radius 3 is 2.71 bits per heavy atom. The molecule has 1 aromatic rings. The molecular weight excluding hydrogens is 376 g/mol. The predicted molar refractivity (Wildman–Crippen MR) is 89.2 cm³/mol. The van der Waals surface area contributed by atoms with Crippen LogP contribution in [0, 0.1) is 0 Å². The molecule has 0 radical (unpaired) electrons. The van der Waals surface area contributed by atoms with E-state index in [2.05, 4.69) is 20.8 Å². The van der Waals surface area contributed by atoms with Gasteiger partial charge in [0, 0.05) is 29.5 Å². The highest BCUT2D eigenvalue weighted by Gasteiger charge is 2.32. The molecule has 1 fully saturated rings. The highest BCUT2D eigenvalue weighted by Crippen LogP contribution is 2.28. The highest BCUT2D eigenvalue weighted by molar-refractivity contribution is 9.10. The number of rotatable bonds is 3. The van der Waals surface area contributed by atoms with Gasteiger partial charge in [-0.05, 0) is 60.6 Å². The van der Waals surface area contributed by atoms with E-state index in [4.69, 9.17) is 11.6 Å². The van der Waals surface area contributed by atoms with E-state index in [-0.39, 0.29) is 6.04 Å². The molecule has 0 spiro atoms. The number of halogens is 2. The smallest absolute Gasteiger partial charge is 0.244 e. The van der Waals surface area contributed by atoms with Gasteiger partial charge < -0.3 is 4.90 Å². The maximum absolute atomic E-state index is 12.9. The summed E-state index contributed by atoms with van der Waals surface area (Å²) in [5.74, 6) is 0.365. The second-order valence-corrected chi connectivity index (χ2v) is 8.46. The van der Waals surface area contributed by atoms with E-state index in [1.165, 1.54) is 0 Å². The largest absolute Gasteiger partial charge is 0.305 e. The second-order valence-electron chi connectivity index (χ2n) is 5.48. The maximum Gasteiger partial charge on any atom is 0.244 e. The monoisotopic (exact) mass is 394 g/mol. The average molecular weight is 396 g/mol. The van der Waals surface area contributed by atoms with Gasteiger partial charge in [-0.25, -0.2) is 8.42 Å². The lowest BCUT2D eigenvalue weighted by Gasteiger charge is -2.27. The van der Waals surface area contributed by atoms with Gasteiger partial charge in [0.1, 0.15) is 0 Å². The number of sulfonamides is 1. The molecule has 7 heteroatoms. The van der Waals surface area contributed by atoms with Crippen LogP contribution in [0.1, 0.15) is 18.9 Å². The van der Waals surface area contributed by atoms with Crippen LogP contribution in [0.2, 0.25) is 0 Å². The first-order chi connectivity index (χ1) is 9.86. The maximum atomic E-state index is 12.9. The Bertz CT molecular complexity index is 609. The normalized spacial score (nSPS) is 22.2. The Balaban J connectivity index is 2.37. The first kappa shape index (κ1) is 17.2. The fraction of sp³-hybridized carbons (Fsp3) is 0.571. The van der Waals surface area contributed by atoms with Crippen LogP contribution in [-0.4, -0.2) is 50.3 Å². The van der Waals surface area contributed by atoms with E-state index < -0.39 is 10.0 Å². The van der Waals surface area contributed by atoms with Crippen molar-refractivity contribution in [1.29, 1.82) is 0 Å². The molecular formula is C14H20BrClN2O2S. The lowest BCUT2D eigenvalue weighted by Crippen LogP contribution is -2.42. The number of hydrogen-bond donors (Lipinski definition) is 0. The Morgan fingerprint density at radius 2 is 2.10 bits per heavy atom. The van der Waals surface area contributed by atoms with Crippen LogP contribution in [0.4, 0.5) is 0 Å². The van der Waals surface area contributed by atoms with E-state index in [1.807, 2.05) is 14.0 Å². The van der Waals surface area contributed by atoms with Gasteiger partial charge in [0.2, 0.25) is 10.0 Å². The summed E-state index contributed by atoms with van der Waals surface area (Å²) in [4.78, 5) is 2.49. The molecule has 1 unspecified atom stereocenters. The summed E-state index contributed by atoms with van der Waals surface area (Å²) >= 11 is 9.16. The molecule has 0 aliphatic carbocycles. The molecule has 0 bridgehead atoms. The van der Waals surface area contributed by atoms with Crippen LogP contribution in [0.5, 0.6) is 0 Å². The molecule has 1 aliphatic heterocycles. The van der Waals surface area contributed by atoms with Crippen LogP contribution in [-0.2, 0) is 15.9 Å². The van der Waals surface area contributed by atoms with Crippen molar-refractivity contribution in [3.05, 3.63) is 28.2 Å². The number of alkyl halides is 1. The molecule has 0 N–H and O–H groups in total. The van der Waals surface area contributed by atoms with Crippen molar-refractivity contribution in [2.45, 2.75) is 30.2 Å². The highest BCUT2D eigenvalue weighted by atomic mass is 79.9. The van der Waals surface area contributed by atoms with Crippen molar-refractivity contribution in [3.63, 3.8) is 0 Å². The Kier molecular flexibility index (Phi) is 5.71. The van der Waals surface area contributed by atoms with Crippen LogP contribution in [0.25, 0.3) is 0 Å². The van der Waals surface area contributed by atoms with Gasteiger partial charge in [-0.1, -0.05) is 6.07 Å². The predicted octanol–water partition coefficient (Wildman–Crippen LogP) is 2.90. The van der Waals surface area contributed by atoms with Gasteiger partial charge in [-0.3, -0.25) is 0 Å². The fourth-order valence-electron chi connectivity index (χ4n) is 2.67. The number of hydrogen-bond acceptors (Lipinski definition) is 3. The van der Waals surface area contributed by atoms with Gasteiger partial charge in [0.05, 0.1) is 4.90 Å². The summed E-state index contributed by atoms with van der Waals surface area (Å²) in [7, 11) is -1.47. The minimum atomic E-state index is -3.50. The van der Waals surface area contributed by atoms with Crippen LogP contribution >= 0.6 is 27.5 Å². The van der Waals surface area contributed by atoms with Crippen LogP contribution in [0.15, 0.2) is 27.6 Å². The number of likely N-dealkylation sites (N-methyl/N-ethyl adjacent to an activating group) is 1. The molecule has 4 nitrogen and oxygen atoms in total. The summed E-state index contributed by atoms with van der Waals surface area (Å²) in [5.41, 5.74) is 0.895. The standard InChI is InChI=1S/C14H20BrClN2O2S/c1-11-10-17(2)6-3-7-18(11)21(19,20)14-5-4-12(9-16)8-13(14)15/h4-5,8,11H,3,6-7,9-10H2,1-2H3. The molecule has 1 aromatic carbocycles. The number of benzene rings is 1.